The van der Waals surface area contributed by atoms with Crippen molar-refractivity contribution in [2.45, 2.75) is 130 Å². The average molecular weight is 403 g/mol. The minimum absolute atomic E-state index is 0.450. The van der Waals surface area contributed by atoms with Crippen LogP contribution in [0.3, 0.4) is 0 Å². The van der Waals surface area contributed by atoms with Crippen molar-refractivity contribution >= 4 is 0 Å². The van der Waals surface area contributed by atoms with Crippen molar-refractivity contribution in [3.8, 4) is 0 Å². The third-order valence-corrected chi connectivity index (χ3v) is 11.5. The Morgan fingerprint density at radius 3 is 2.45 bits per heavy atom. The van der Waals surface area contributed by atoms with Gasteiger partial charge in [0.1, 0.15) is 0 Å². The van der Waals surface area contributed by atoms with Crippen LogP contribution in [0.5, 0.6) is 0 Å². The standard InChI is InChI=1S/C28H50O/c1-6-26(3,29)17-9-10-20(2)23-14-15-24-22-13-12-21-11-7-8-18-27(21,4)25(22)16-19-28(23,24)5/h20-25,29H,6-19H2,1-5H3/t20-,21?,22?,23?,24?,25?,26?,27?,28?/m1/s1. The molecule has 168 valence electrons. The summed E-state index contributed by atoms with van der Waals surface area (Å²) < 4.78 is 0. The molecule has 0 radical (unpaired) electrons. The van der Waals surface area contributed by atoms with Crippen molar-refractivity contribution in [2.24, 2.45) is 46.3 Å². The van der Waals surface area contributed by atoms with Crippen molar-refractivity contribution < 1.29 is 5.11 Å². The molecule has 4 fully saturated rings. The predicted molar refractivity (Wildman–Crippen MR) is 124 cm³/mol. The van der Waals surface area contributed by atoms with Crippen LogP contribution in [0.1, 0.15) is 125 Å². The highest BCUT2D eigenvalue weighted by Crippen LogP contribution is 2.68. The van der Waals surface area contributed by atoms with Crippen LogP contribution < -0.4 is 0 Å². The fourth-order valence-electron chi connectivity index (χ4n) is 9.45. The molecule has 1 N–H and O–H groups in total. The molecule has 0 aromatic heterocycles. The molecule has 29 heavy (non-hydrogen) atoms. The number of fused-ring (bicyclic) bond motifs is 5. The molecule has 0 bridgehead atoms. The van der Waals surface area contributed by atoms with Crippen LogP contribution in [-0.2, 0) is 0 Å². The van der Waals surface area contributed by atoms with E-state index in [0.717, 1.165) is 48.3 Å². The summed E-state index contributed by atoms with van der Waals surface area (Å²) in [6.07, 6.45) is 19.5. The van der Waals surface area contributed by atoms with Crippen LogP contribution in [0.4, 0.5) is 0 Å². The van der Waals surface area contributed by atoms with E-state index in [1.807, 2.05) is 6.92 Å². The topological polar surface area (TPSA) is 20.2 Å². The first-order valence-electron chi connectivity index (χ1n) is 13.4. The zero-order valence-corrected chi connectivity index (χ0v) is 20.3. The van der Waals surface area contributed by atoms with Crippen molar-refractivity contribution in [1.29, 1.82) is 0 Å². The molecule has 0 aliphatic heterocycles. The fourth-order valence-corrected chi connectivity index (χ4v) is 9.45. The van der Waals surface area contributed by atoms with Crippen molar-refractivity contribution in [3.05, 3.63) is 0 Å². The third-order valence-electron chi connectivity index (χ3n) is 11.5. The maximum absolute atomic E-state index is 10.4. The van der Waals surface area contributed by atoms with Gasteiger partial charge in [-0.25, -0.2) is 0 Å². The van der Waals surface area contributed by atoms with E-state index in [2.05, 4.69) is 27.7 Å². The van der Waals surface area contributed by atoms with Crippen LogP contribution in [0.15, 0.2) is 0 Å². The Labute approximate surface area is 181 Å². The van der Waals surface area contributed by atoms with Crippen molar-refractivity contribution in [2.75, 3.05) is 0 Å². The van der Waals surface area contributed by atoms with Crippen LogP contribution in [0.2, 0.25) is 0 Å². The largest absolute Gasteiger partial charge is 0.390 e. The predicted octanol–water partition coefficient (Wildman–Crippen LogP) is 8.00. The van der Waals surface area contributed by atoms with Gasteiger partial charge in [0.25, 0.3) is 0 Å². The molecule has 0 aromatic carbocycles. The van der Waals surface area contributed by atoms with E-state index in [1.54, 1.807) is 6.42 Å². The van der Waals surface area contributed by atoms with E-state index in [4.69, 9.17) is 0 Å². The number of hydrogen-bond acceptors (Lipinski definition) is 1. The highest BCUT2D eigenvalue weighted by Gasteiger charge is 2.60. The maximum atomic E-state index is 10.4. The van der Waals surface area contributed by atoms with Crippen LogP contribution in [-0.4, -0.2) is 10.7 Å². The molecule has 1 heteroatoms. The fraction of sp³-hybridized carbons (Fsp3) is 1.00. The summed E-state index contributed by atoms with van der Waals surface area (Å²) >= 11 is 0. The second-order valence-corrected chi connectivity index (χ2v) is 12.9. The van der Waals surface area contributed by atoms with E-state index in [1.165, 1.54) is 70.6 Å². The van der Waals surface area contributed by atoms with Gasteiger partial charge in [-0.15, -0.1) is 0 Å². The minimum atomic E-state index is -0.450. The molecule has 8 unspecified atom stereocenters. The SMILES string of the molecule is CCC(C)(O)CCC[C@@H](C)C1CCC2C3CCC4CCCCC4(C)C3CCC21C. The molecule has 0 saturated heterocycles. The lowest BCUT2D eigenvalue weighted by Crippen LogP contribution is -2.53. The molecular weight excluding hydrogens is 352 g/mol. The molecule has 9 atom stereocenters. The summed E-state index contributed by atoms with van der Waals surface area (Å²) in [5.41, 5.74) is 0.831. The Kier molecular flexibility index (Phi) is 6.22. The lowest BCUT2D eigenvalue weighted by molar-refractivity contribution is -0.114. The summed E-state index contributed by atoms with van der Waals surface area (Å²) in [7, 11) is 0. The van der Waals surface area contributed by atoms with Gasteiger partial charge in [0.05, 0.1) is 5.60 Å². The zero-order chi connectivity index (χ0) is 20.9. The number of aliphatic hydroxyl groups is 1. The molecular formula is C28H50O. The Morgan fingerprint density at radius 2 is 1.69 bits per heavy atom. The molecule has 0 heterocycles. The molecule has 0 amide bonds. The summed E-state index contributed by atoms with van der Waals surface area (Å²) in [5, 5.41) is 10.4. The Morgan fingerprint density at radius 1 is 0.931 bits per heavy atom. The van der Waals surface area contributed by atoms with E-state index in [0.29, 0.717) is 10.8 Å². The maximum Gasteiger partial charge on any atom is 0.0617 e. The van der Waals surface area contributed by atoms with Gasteiger partial charge in [0, 0.05) is 0 Å². The highest BCUT2D eigenvalue weighted by molar-refractivity contribution is 5.09. The first-order chi connectivity index (χ1) is 13.7. The van der Waals surface area contributed by atoms with Gasteiger partial charge < -0.3 is 5.11 Å². The average Bonchev–Trinajstić information content (AvgIpc) is 3.04. The summed E-state index contributed by atoms with van der Waals surface area (Å²) in [6, 6.07) is 0. The van der Waals surface area contributed by atoms with Gasteiger partial charge >= 0.3 is 0 Å². The lowest BCUT2D eigenvalue weighted by atomic mass is 9.44. The monoisotopic (exact) mass is 402 g/mol. The van der Waals surface area contributed by atoms with Gasteiger partial charge in [0.15, 0.2) is 0 Å². The zero-order valence-electron chi connectivity index (χ0n) is 20.3. The third kappa shape index (κ3) is 3.85. The lowest BCUT2D eigenvalue weighted by Gasteiger charge is -2.61. The smallest absolute Gasteiger partial charge is 0.0617 e. The minimum Gasteiger partial charge on any atom is -0.390 e. The van der Waals surface area contributed by atoms with Gasteiger partial charge in [-0.3, -0.25) is 0 Å². The second-order valence-electron chi connectivity index (χ2n) is 12.9. The van der Waals surface area contributed by atoms with Gasteiger partial charge in [-0.1, -0.05) is 53.4 Å². The van der Waals surface area contributed by atoms with Gasteiger partial charge in [0.2, 0.25) is 0 Å². The quantitative estimate of drug-likeness (QED) is 0.477. The molecule has 4 rings (SSSR count). The van der Waals surface area contributed by atoms with Crippen molar-refractivity contribution in [1.82, 2.24) is 0 Å². The molecule has 4 saturated carbocycles. The van der Waals surface area contributed by atoms with Crippen LogP contribution in [0, 0.1) is 46.3 Å². The second kappa shape index (κ2) is 8.14. The number of rotatable bonds is 6. The Bertz CT molecular complexity index is 567. The molecule has 4 aliphatic carbocycles. The van der Waals surface area contributed by atoms with E-state index in [-0.39, 0.29) is 0 Å². The van der Waals surface area contributed by atoms with E-state index >= 15 is 0 Å². The summed E-state index contributed by atoms with van der Waals surface area (Å²) in [5.74, 6) is 5.88. The highest BCUT2D eigenvalue weighted by atomic mass is 16.3. The summed E-state index contributed by atoms with van der Waals surface area (Å²) in [6.45, 7) is 12.1. The van der Waals surface area contributed by atoms with E-state index in [9.17, 15) is 5.11 Å². The molecule has 0 spiro atoms. The van der Waals surface area contributed by atoms with Crippen LogP contribution in [0.25, 0.3) is 0 Å². The first kappa shape index (κ1) is 22.2. The first-order valence-corrected chi connectivity index (χ1v) is 13.4. The van der Waals surface area contributed by atoms with Crippen molar-refractivity contribution in [3.63, 3.8) is 0 Å². The van der Waals surface area contributed by atoms with Gasteiger partial charge in [-0.2, -0.15) is 0 Å². The Hall–Kier alpha value is -0.0400. The molecule has 1 nitrogen and oxygen atoms in total. The van der Waals surface area contributed by atoms with Crippen LogP contribution >= 0.6 is 0 Å². The molecule has 0 aromatic rings. The normalized spacial score (nSPS) is 47.6. The van der Waals surface area contributed by atoms with E-state index < -0.39 is 5.60 Å². The van der Waals surface area contributed by atoms with Gasteiger partial charge in [-0.05, 0) is 117 Å². The number of hydrogen-bond donors (Lipinski definition) is 1. The summed E-state index contributed by atoms with van der Waals surface area (Å²) in [4.78, 5) is 0. The Balaban J connectivity index is 1.42. The molecule has 4 aliphatic rings.